The first-order valence-corrected chi connectivity index (χ1v) is 11.1. The second kappa shape index (κ2) is 8.78. The molecule has 1 fully saturated rings. The molecular weight excluding hydrogens is 465 g/mol. The topological polar surface area (TPSA) is 79.0 Å². The van der Waals surface area contributed by atoms with Crippen LogP contribution in [0.2, 0.25) is 0 Å². The normalized spacial score (nSPS) is 15.9. The SMILES string of the molecule is COc1ccc(S(=O)(=O)N2CCN(C)CC2)cc1NC(=O)c1cc(F)ccc1Br. The number of nitrogens with one attached hydrogen (secondary N) is 1. The Morgan fingerprint density at radius 1 is 1.14 bits per heavy atom. The Bertz CT molecular complexity index is 1020. The quantitative estimate of drug-likeness (QED) is 0.704. The number of piperazine rings is 1. The third-order valence-electron chi connectivity index (χ3n) is 4.69. The summed E-state index contributed by atoms with van der Waals surface area (Å²) in [6, 6.07) is 8.04. The molecule has 7 nitrogen and oxygen atoms in total. The highest BCUT2D eigenvalue weighted by atomic mass is 79.9. The molecule has 2 aromatic carbocycles. The van der Waals surface area contributed by atoms with Gasteiger partial charge in [0.1, 0.15) is 11.6 Å². The molecule has 0 spiro atoms. The first-order valence-electron chi connectivity index (χ1n) is 8.85. The number of rotatable bonds is 5. The van der Waals surface area contributed by atoms with Crippen LogP contribution in [0.5, 0.6) is 5.75 Å². The summed E-state index contributed by atoms with van der Waals surface area (Å²) in [5, 5.41) is 2.62. The van der Waals surface area contributed by atoms with Crippen LogP contribution in [0.3, 0.4) is 0 Å². The highest BCUT2D eigenvalue weighted by Crippen LogP contribution is 2.30. The number of ether oxygens (including phenoxy) is 1. The zero-order valence-corrected chi connectivity index (χ0v) is 18.4. The number of sulfonamides is 1. The fraction of sp³-hybridized carbons (Fsp3) is 0.316. The highest BCUT2D eigenvalue weighted by molar-refractivity contribution is 9.10. The van der Waals surface area contributed by atoms with E-state index in [1.807, 2.05) is 7.05 Å². The fourth-order valence-electron chi connectivity index (χ4n) is 2.98. The molecule has 1 heterocycles. The molecular formula is C19H21BrFN3O4S. The average Bonchev–Trinajstić information content (AvgIpc) is 2.70. The van der Waals surface area contributed by atoms with Gasteiger partial charge >= 0.3 is 0 Å². The van der Waals surface area contributed by atoms with Gasteiger partial charge in [0.15, 0.2) is 0 Å². The van der Waals surface area contributed by atoms with Crippen LogP contribution in [0.15, 0.2) is 45.8 Å². The number of carbonyl (C=O) groups is 1. The molecule has 10 heteroatoms. The Morgan fingerprint density at radius 3 is 2.48 bits per heavy atom. The van der Waals surface area contributed by atoms with Crippen LogP contribution >= 0.6 is 15.9 Å². The molecule has 1 saturated heterocycles. The Morgan fingerprint density at radius 2 is 1.83 bits per heavy atom. The predicted octanol–water partition coefficient (Wildman–Crippen LogP) is 2.79. The molecule has 29 heavy (non-hydrogen) atoms. The fourth-order valence-corrected chi connectivity index (χ4v) is 4.86. The summed E-state index contributed by atoms with van der Waals surface area (Å²) in [5.41, 5.74) is 0.267. The van der Waals surface area contributed by atoms with Gasteiger partial charge in [-0.1, -0.05) is 0 Å². The molecule has 0 bridgehead atoms. The summed E-state index contributed by atoms with van der Waals surface area (Å²) < 4.78 is 46.6. The summed E-state index contributed by atoms with van der Waals surface area (Å²) in [7, 11) is -0.363. The number of nitrogens with zero attached hydrogens (tertiary/aromatic N) is 2. The number of hydrogen-bond donors (Lipinski definition) is 1. The van der Waals surface area contributed by atoms with Crippen LogP contribution in [0.25, 0.3) is 0 Å². The maximum Gasteiger partial charge on any atom is 0.257 e. The lowest BCUT2D eigenvalue weighted by Crippen LogP contribution is -2.47. The first-order chi connectivity index (χ1) is 13.7. The zero-order valence-electron chi connectivity index (χ0n) is 16.0. The van der Waals surface area contributed by atoms with Crippen LogP contribution in [-0.4, -0.2) is 63.9 Å². The van der Waals surface area contributed by atoms with E-state index in [0.717, 1.165) is 6.07 Å². The van der Waals surface area contributed by atoms with E-state index in [0.29, 0.717) is 36.4 Å². The lowest BCUT2D eigenvalue weighted by Gasteiger charge is -2.31. The van der Waals surface area contributed by atoms with E-state index in [4.69, 9.17) is 4.74 Å². The second-order valence-electron chi connectivity index (χ2n) is 6.65. The first kappa shape index (κ1) is 21.7. The lowest BCUT2D eigenvalue weighted by atomic mass is 10.2. The molecule has 1 amide bonds. The summed E-state index contributed by atoms with van der Waals surface area (Å²) in [4.78, 5) is 14.7. The van der Waals surface area contributed by atoms with Gasteiger partial charge in [-0.05, 0) is 59.4 Å². The predicted molar refractivity (Wildman–Crippen MR) is 111 cm³/mol. The molecule has 0 aromatic heterocycles. The smallest absolute Gasteiger partial charge is 0.257 e. The molecule has 0 saturated carbocycles. The van der Waals surface area contributed by atoms with Crippen LogP contribution in [0.1, 0.15) is 10.4 Å². The molecule has 0 radical (unpaired) electrons. The van der Waals surface area contributed by atoms with Crippen LogP contribution in [0.4, 0.5) is 10.1 Å². The summed E-state index contributed by atoms with van der Waals surface area (Å²) in [6.07, 6.45) is 0. The highest BCUT2D eigenvalue weighted by Gasteiger charge is 2.28. The van der Waals surface area contributed by atoms with E-state index >= 15 is 0 Å². The number of anilines is 1. The van der Waals surface area contributed by atoms with Crippen molar-refractivity contribution in [2.75, 3.05) is 45.7 Å². The molecule has 1 aliphatic heterocycles. The van der Waals surface area contributed by atoms with Gasteiger partial charge in [0.2, 0.25) is 10.0 Å². The lowest BCUT2D eigenvalue weighted by molar-refractivity contribution is 0.102. The molecule has 1 N–H and O–H groups in total. The number of halogens is 2. The molecule has 0 atom stereocenters. The summed E-state index contributed by atoms with van der Waals surface area (Å²) in [6.45, 7) is 2.07. The van der Waals surface area contributed by atoms with E-state index in [2.05, 4.69) is 26.1 Å². The van der Waals surface area contributed by atoms with Gasteiger partial charge in [0.05, 0.1) is 23.3 Å². The minimum atomic E-state index is -3.72. The molecule has 1 aliphatic rings. The third-order valence-corrected chi connectivity index (χ3v) is 7.28. The van der Waals surface area contributed by atoms with Gasteiger partial charge in [0.25, 0.3) is 5.91 Å². The molecule has 156 valence electrons. The molecule has 2 aromatic rings. The van der Waals surface area contributed by atoms with Crippen molar-refractivity contribution in [3.63, 3.8) is 0 Å². The average molecular weight is 486 g/mol. The van der Waals surface area contributed by atoms with Crippen molar-refractivity contribution in [1.29, 1.82) is 0 Å². The number of likely N-dealkylation sites (N-methyl/N-ethyl adjacent to an activating group) is 1. The van der Waals surface area contributed by atoms with E-state index in [1.54, 1.807) is 0 Å². The molecule has 0 aliphatic carbocycles. The van der Waals surface area contributed by atoms with Gasteiger partial charge in [-0.25, -0.2) is 12.8 Å². The number of amides is 1. The largest absolute Gasteiger partial charge is 0.495 e. The number of methoxy groups -OCH3 is 1. The van der Waals surface area contributed by atoms with Gasteiger partial charge < -0.3 is 15.0 Å². The third kappa shape index (κ3) is 4.77. The maximum absolute atomic E-state index is 13.5. The van der Waals surface area contributed by atoms with Gasteiger partial charge in [-0.2, -0.15) is 4.31 Å². The van der Waals surface area contributed by atoms with Crippen molar-refractivity contribution in [2.45, 2.75) is 4.90 Å². The van der Waals surface area contributed by atoms with Crippen molar-refractivity contribution < 1.29 is 22.3 Å². The van der Waals surface area contributed by atoms with Crippen molar-refractivity contribution in [3.05, 3.63) is 52.3 Å². The van der Waals surface area contributed by atoms with Gasteiger partial charge in [-0.3, -0.25) is 4.79 Å². The standard InChI is InChI=1S/C19H21BrFN3O4S/c1-23-7-9-24(10-8-23)29(26,27)14-4-6-18(28-2)17(12-14)22-19(25)15-11-13(21)3-5-16(15)20/h3-6,11-12H,7-10H2,1-2H3,(H,22,25). The Labute approximate surface area is 177 Å². The summed E-state index contributed by atoms with van der Waals surface area (Å²) >= 11 is 3.22. The monoisotopic (exact) mass is 485 g/mol. The number of carbonyl (C=O) groups excluding carboxylic acids is 1. The van der Waals surface area contributed by atoms with E-state index in [-0.39, 0.29) is 16.1 Å². The van der Waals surface area contributed by atoms with E-state index < -0.39 is 21.7 Å². The molecule has 3 rings (SSSR count). The van der Waals surface area contributed by atoms with Crippen molar-refractivity contribution in [2.24, 2.45) is 0 Å². The van der Waals surface area contributed by atoms with Crippen molar-refractivity contribution in [3.8, 4) is 5.75 Å². The minimum absolute atomic E-state index is 0.0523. The number of benzene rings is 2. The summed E-state index contributed by atoms with van der Waals surface area (Å²) in [5.74, 6) is -0.858. The van der Waals surface area contributed by atoms with Crippen LogP contribution in [-0.2, 0) is 10.0 Å². The van der Waals surface area contributed by atoms with Crippen molar-refractivity contribution in [1.82, 2.24) is 9.21 Å². The molecule has 0 unspecified atom stereocenters. The Balaban J connectivity index is 1.91. The van der Waals surface area contributed by atoms with Crippen LogP contribution < -0.4 is 10.1 Å². The van der Waals surface area contributed by atoms with E-state index in [9.17, 15) is 17.6 Å². The van der Waals surface area contributed by atoms with Gasteiger partial charge in [0, 0.05) is 30.7 Å². The minimum Gasteiger partial charge on any atom is -0.495 e. The maximum atomic E-state index is 13.5. The van der Waals surface area contributed by atoms with Crippen LogP contribution in [0, 0.1) is 5.82 Å². The zero-order chi connectivity index (χ0) is 21.2. The van der Waals surface area contributed by atoms with E-state index in [1.165, 1.54) is 41.7 Å². The second-order valence-corrected chi connectivity index (χ2v) is 9.44. The Kier molecular flexibility index (Phi) is 6.57. The Hall–Kier alpha value is -2.01. The van der Waals surface area contributed by atoms with Gasteiger partial charge in [-0.15, -0.1) is 0 Å². The number of hydrogen-bond acceptors (Lipinski definition) is 5. The van der Waals surface area contributed by atoms with Crippen molar-refractivity contribution >= 4 is 37.5 Å².